The average Bonchev–Trinajstić information content (AvgIpc) is 2.81. The zero-order valence-electron chi connectivity index (χ0n) is 10.5. The fraction of sp³-hybridized carbons (Fsp3) is 0.250. The molecule has 1 atom stereocenters. The summed E-state index contributed by atoms with van der Waals surface area (Å²) in [6.07, 6.45) is 1.36. The maximum atomic E-state index is 13.8. The van der Waals surface area contributed by atoms with E-state index in [1.54, 1.807) is 0 Å². The number of benzene rings is 2. The van der Waals surface area contributed by atoms with Crippen molar-refractivity contribution >= 4 is 11.6 Å². The largest absolute Gasteiger partial charge is 0.207 e. The first-order valence-electron chi connectivity index (χ1n) is 6.41. The second kappa shape index (κ2) is 5.13. The van der Waals surface area contributed by atoms with Gasteiger partial charge in [0, 0.05) is 17.7 Å². The van der Waals surface area contributed by atoms with Crippen LogP contribution in [0.25, 0.3) is 0 Å². The van der Waals surface area contributed by atoms with E-state index in [-0.39, 0.29) is 11.5 Å². The summed E-state index contributed by atoms with van der Waals surface area (Å²) in [6.45, 7) is 0. The molecule has 0 spiro atoms. The van der Waals surface area contributed by atoms with Crippen LogP contribution in [0.2, 0.25) is 0 Å². The third kappa shape index (κ3) is 2.31. The minimum absolute atomic E-state index is 0.0801. The smallest absolute Gasteiger partial charge is 0.133 e. The molecule has 0 N–H and O–H groups in total. The number of alkyl halides is 1. The summed E-state index contributed by atoms with van der Waals surface area (Å²) in [5.41, 5.74) is 2.09. The van der Waals surface area contributed by atoms with Crippen molar-refractivity contribution in [3.05, 3.63) is 70.5 Å². The van der Waals surface area contributed by atoms with Gasteiger partial charge >= 0.3 is 0 Å². The molecule has 0 nitrogen and oxygen atoms in total. The lowest BCUT2D eigenvalue weighted by atomic mass is 9.95. The normalized spacial score (nSPS) is 16.2. The summed E-state index contributed by atoms with van der Waals surface area (Å²) in [5.74, 6) is -2.84. The molecule has 3 rings (SSSR count). The quantitative estimate of drug-likeness (QED) is 0.698. The molecule has 0 radical (unpaired) electrons. The predicted molar refractivity (Wildman–Crippen MR) is 72.3 cm³/mol. The van der Waals surface area contributed by atoms with Crippen LogP contribution in [-0.4, -0.2) is 0 Å². The van der Waals surface area contributed by atoms with Crippen molar-refractivity contribution in [3.8, 4) is 0 Å². The fourth-order valence-electron chi connectivity index (χ4n) is 2.85. The highest BCUT2D eigenvalue weighted by atomic mass is 35.5. The van der Waals surface area contributed by atoms with Crippen LogP contribution in [0.5, 0.6) is 0 Å². The van der Waals surface area contributed by atoms with Crippen LogP contribution in [0.1, 0.15) is 22.1 Å². The first kappa shape index (κ1) is 13.5. The molecule has 0 saturated carbocycles. The standard InChI is InChI=1S/C16H12ClF3/c17-16(15-13(19)7-12(18)8-14(15)20)11-5-9-3-1-2-4-10(9)6-11/h1-4,7-8,11,16H,5-6H2. The molecule has 0 aliphatic heterocycles. The Balaban J connectivity index is 1.90. The molecule has 1 aliphatic carbocycles. The molecule has 0 aromatic heterocycles. The Morgan fingerprint density at radius 1 is 0.950 bits per heavy atom. The van der Waals surface area contributed by atoms with E-state index in [2.05, 4.69) is 0 Å². The maximum absolute atomic E-state index is 13.8. The van der Waals surface area contributed by atoms with Crippen LogP contribution in [-0.2, 0) is 12.8 Å². The van der Waals surface area contributed by atoms with Crippen molar-refractivity contribution in [1.29, 1.82) is 0 Å². The van der Waals surface area contributed by atoms with Gasteiger partial charge in [0.2, 0.25) is 0 Å². The summed E-state index contributed by atoms with van der Waals surface area (Å²) in [6, 6.07) is 9.21. The van der Waals surface area contributed by atoms with Gasteiger partial charge < -0.3 is 0 Å². The van der Waals surface area contributed by atoms with E-state index in [0.717, 1.165) is 11.1 Å². The van der Waals surface area contributed by atoms with Gasteiger partial charge in [-0.25, -0.2) is 13.2 Å². The minimum Gasteiger partial charge on any atom is -0.207 e. The predicted octanol–water partition coefficient (Wildman–Crippen LogP) is 4.80. The number of halogens is 4. The van der Waals surface area contributed by atoms with E-state index < -0.39 is 22.8 Å². The van der Waals surface area contributed by atoms with Gasteiger partial charge in [0.1, 0.15) is 17.5 Å². The lowest BCUT2D eigenvalue weighted by molar-refractivity contribution is 0.473. The van der Waals surface area contributed by atoms with Gasteiger partial charge in [-0.2, -0.15) is 0 Å². The van der Waals surface area contributed by atoms with Crippen LogP contribution >= 0.6 is 11.6 Å². The third-order valence-electron chi connectivity index (χ3n) is 3.82. The Kier molecular flexibility index (Phi) is 3.47. The van der Waals surface area contributed by atoms with E-state index in [9.17, 15) is 13.2 Å². The molecule has 0 fully saturated rings. The number of fused-ring (bicyclic) bond motifs is 1. The van der Waals surface area contributed by atoms with Gasteiger partial charge in [-0.1, -0.05) is 24.3 Å². The molecular weight excluding hydrogens is 285 g/mol. The van der Waals surface area contributed by atoms with Crippen LogP contribution < -0.4 is 0 Å². The van der Waals surface area contributed by atoms with Crippen molar-refractivity contribution in [2.24, 2.45) is 5.92 Å². The molecule has 0 amide bonds. The maximum Gasteiger partial charge on any atom is 0.133 e. The van der Waals surface area contributed by atoms with Crippen LogP contribution in [0.4, 0.5) is 13.2 Å². The first-order chi connectivity index (χ1) is 9.56. The van der Waals surface area contributed by atoms with E-state index in [4.69, 9.17) is 11.6 Å². The Morgan fingerprint density at radius 3 is 1.95 bits per heavy atom. The zero-order valence-corrected chi connectivity index (χ0v) is 11.3. The number of hydrogen-bond donors (Lipinski definition) is 0. The molecule has 0 bridgehead atoms. The molecule has 104 valence electrons. The molecule has 0 saturated heterocycles. The highest BCUT2D eigenvalue weighted by Crippen LogP contribution is 2.40. The average molecular weight is 297 g/mol. The van der Waals surface area contributed by atoms with Crippen LogP contribution in [0.15, 0.2) is 36.4 Å². The Hall–Kier alpha value is -1.48. The lowest BCUT2D eigenvalue weighted by Gasteiger charge is -2.18. The molecule has 4 heteroatoms. The molecular formula is C16H12ClF3. The van der Waals surface area contributed by atoms with E-state index in [1.165, 1.54) is 0 Å². The highest BCUT2D eigenvalue weighted by Gasteiger charge is 2.31. The van der Waals surface area contributed by atoms with Gasteiger partial charge in [-0.3, -0.25) is 0 Å². The lowest BCUT2D eigenvalue weighted by Crippen LogP contribution is -2.12. The summed E-state index contributed by atoms with van der Waals surface area (Å²) < 4.78 is 40.5. The topological polar surface area (TPSA) is 0 Å². The Labute approximate surface area is 120 Å². The monoisotopic (exact) mass is 296 g/mol. The minimum atomic E-state index is -0.928. The molecule has 20 heavy (non-hydrogen) atoms. The Bertz CT molecular complexity index is 606. The zero-order chi connectivity index (χ0) is 14.3. The van der Waals surface area contributed by atoms with Gasteiger partial charge in [-0.05, 0) is 29.9 Å². The van der Waals surface area contributed by atoms with Crippen LogP contribution in [0, 0.1) is 23.4 Å². The molecule has 1 aliphatic rings. The molecule has 2 aromatic carbocycles. The second-order valence-corrected chi connectivity index (χ2v) is 5.59. The van der Waals surface area contributed by atoms with Gasteiger partial charge in [0.05, 0.1) is 5.38 Å². The van der Waals surface area contributed by atoms with Gasteiger partial charge in [0.25, 0.3) is 0 Å². The molecule has 2 aromatic rings. The summed E-state index contributed by atoms with van der Waals surface area (Å²) in [5, 5.41) is -0.803. The van der Waals surface area contributed by atoms with Gasteiger partial charge in [-0.15, -0.1) is 11.6 Å². The third-order valence-corrected chi connectivity index (χ3v) is 4.39. The molecule has 0 heterocycles. The SMILES string of the molecule is Fc1cc(F)c(C(Cl)C2Cc3ccccc3C2)c(F)c1. The van der Waals surface area contributed by atoms with E-state index >= 15 is 0 Å². The van der Waals surface area contributed by atoms with Crippen molar-refractivity contribution < 1.29 is 13.2 Å². The van der Waals surface area contributed by atoms with Crippen molar-refractivity contribution in [3.63, 3.8) is 0 Å². The van der Waals surface area contributed by atoms with Crippen LogP contribution in [0.3, 0.4) is 0 Å². The van der Waals surface area contributed by atoms with Crippen molar-refractivity contribution in [1.82, 2.24) is 0 Å². The highest BCUT2D eigenvalue weighted by molar-refractivity contribution is 6.21. The number of rotatable bonds is 2. The number of hydrogen-bond acceptors (Lipinski definition) is 0. The van der Waals surface area contributed by atoms with Gasteiger partial charge in [0.15, 0.2) is 0 Å². The van der Waals surface area contributed by atoms with E-state index in [1.807, 2.05) is 24.3 Å². The Morgan fingerprint density at radius 2 is 1.45 bits per heavy atom. The first-order valence-corrected chi connectivity index (χ1v) is 6.85. The molecule has 1 unspecified atom stereocenters. The summed E-state index contributed by atoms with van der Waals surface area (Å²) in [4.78, 5) is 0. The van der Waals surface area contributed by atoms with E-state index in [0.29, 0.717) is 25.0 Å². The fourth-order valence-corrected chi connectivity index (χ4v) is 3.24. The summed E-state index contributed by atoms with van der Waals surface area (Å²) >= 11 is 6.26. The van der Waals surface area contributed by atoms with Crippen molar-refractivity contribution in [2.45, 2.75) is 18.2 Å². The second-order valence-electron chi connectivity index (χ2n) is 5.12. The summed E-state index contributed by atoms with van der Waals surface area (Å²) in [7, 11) is 0. The van der Waals surface area contributed by atoms with Crippen molar-refractivity contribution in [2.75, 3.05) is 0 Å².